The van der Waals surface area contributed by atoms with Crippen LogP contribution in [0.15, 0.2) is 21.7 Å². The first-order valence-corrected chi connectivity index (χ1v) is 5.73. The van der Waals surface area contributed by atoms with Gasteiger partial charge in [-0.2, -0.15) is 0 Å². The Morgan fingerprint density at radius 3 is 2.89 bits per heavy atom. The number of amides is 1. The van der Waals surface area contributed by atoms with Crippen LogP contribution >= 0.6 is 0 Å². The van der Waals surface area contributed by atoms with Crippen molar-refractivity contribution in [2.24, 2.45) is 0 Å². The first-order chi connectivity index (χ1) is 8.52. The van der Waals surface area contributed by atoms with E-state index in [2.05, 4.69) is 10.4 Å². The maximum absolute atomic E-state index is 11.6. The zero-order valence-electron chi connectivity index (χ0n) is 10.2. The van der Waals surface area contributed by atoms with Crippen molar-refractivity contribution in [3.63, 3.8) is 0 Å². The Morgan fingerprint density at radius 1 is 1.50 bits per heavy atom. The molecule has 0 spiro atoms. The van der Waals surface area contributed by atoms with Crippen molar-refractivity contribution in [3.8, 4) is 0 Å². The molecule has 1 aromatic rings. The average Bonchev–Trinajstić information content (AvgIpc) is 2.31. The smallest absolute Gasteiger partial charge is 0.265 e. The summed E-state index contributed by atoms with van der Waals surface area (Å²) in [6, 6.07) is 2.14. The molecule has 3 N–H and O–H groups in total. The summed E-state index contributed by atoms with van der Waals surface area (Å²) in [5, 5.41) is 13.6. The molecule has 0 aliphatic rings. The molecule has 0 aromatic carbocycles. The van der Waals surface area contributed by atoms with Crippen LogP contribution in [0.1, 0.15) is 19.8 Å². The molecule has 0 aliphatic heterocycles. The summed E-state index contributed by atoms with van der Waals surface area (Å²) in [4.78, 5) is 34.0. The first-order valence-electron chi connectivity index (χ1n) is 5.73. The minimum atomic E-state index is -0.437. The lowest BCUT2D eigenvalue weighted by molar-refractivity contribution is -0.122. The lowest BCUT2D eigenvalue weighted by Crippen LogP contribution is -2.39. The number of rotatable bonds is 6. The van der Waals surface area contributed by atoms with Crippen LogP contribution in [0.5, 0.6) is 0 Å². The van der Waals surface area contributed by atoms with Crippen LogP contribution in [-0.4, -0.2) is 33.4 Å². The Bertz CT molecular complexity index is 506. The van der Waals surface area contributed by atoms with E-state index in [4.69, 9.17) is 5.11 Å². The number of nitrogens with one attached hydrogen (secondary N) is 2. The van der Waals surface area contributed by atoms with E-state index >= 15 is 0 Å². The van der Waals surface area contributed by atoms with E-state index in [1.165, 1.54) is 0 Å². The number of aromatic nitrogens is 2. The summed E-state index contributed by atoms with van der Waals surface area (Å²) >= 11 is 0. The first kappa shape index (κ1) is 14.2. The lowest BCUT2D eigenvalue weighted by atomic mass is 10.2. The fraction of sp³-hybridized carbons (Fsp3) is 0.545. The van der Waals surface area contributed by atoms with Gasteiger partial charge in [-0.15, -0.1) is 0 Å². The molecule has 1 amide bonds. The van der Waals surface area contributed by atoms with Crippen molar-refractivity contribution in [3.05, 3.63) is 32.8 Å². The van der Waals surface area contributed by atoms with Crippen molar-refractivity contribution in [2.75, 3.05) is 6.61 Å². The van der Waals surface area contributed by atoms with Crippen molar-refractivity contribution in [1.82, 2.24) is 15.1 Å². The molecule has 0 saturated carbocycles. The SMILES string of the molecule is CC(CCCO)NC(=O)Cn1[nH]c(=O)ccc1=O. The standard InChI is InChI=1S/C11H17N3O4/c1-8(3-2-6-15)12-10(17)7-14-11(18)5-4-9(16)13-14/h4-5,8,15H,2-3,6-7H2,1H3,(H,12,17)(H,13,16). The van der Waals surface area contributed by atoms with Gasteiger partial charge in [0.25, 0.3) is 11.1 Å². The van der Waals surface area contributed by atoms with Gasteiger partial charge in [-0.25, -0.2) is 4.68 Å². The highest BCUT2D eigenvalue weighted by Crippen LogP contribution is 1.94. The van der Waals surface area contributed by atoms with Crippen molar-refractivity contribution in [2.45, 2.75) is 32.4 Å². The number of nitrogens with zero attached hydrogens (tertiary/aromatic N) is 1. The molecule has 18 heavy (non-hydrogen) atoms. The van der Waals surface area contributed by atoms with Crippen molar-refractivity contribution >= 4 is 5.91 Å². The number of carbonyl (C=O) groups is 1. The fourth-order valence-corrected chi connectivity index (χ4v) is 1.51. The molecule has 1 aromatic heterocycles. The molecule has 0 saturated heterocycles. The average molecular weight is 255 g/mol. The lowest BCUT2D eigenvalue weighted by Gasteiger charge is -2.13. The minimum absolute atomic E-state index is 0.0751. The quantitative estimate of drug-likeness (QED) is 0.594. The van der Waals surface area contributed by atoms with Gasteiger partial charge < -0.3 is 10.4 Å². The number of hydrogen-bond donors (Lipinski definition) is 3. The molecule has 1 atom stereocenters. The number of hydrogen-bond acceptors (Lipinski definition) is 4. The number of aromatic amines is 1. The number of carbonyl (C=O) groups excluding carboxylic acids is 1. The topological polar surface area (TPSA) is 104 Å². The molecule has 1 heterocycles. The van der Waals surface area contributed by atoms with Gasteiger partial charge in [0.15, 0.2) is 0 Å². The predicted octanol–water partition coefficient (Wildman–Crippen LogP) is -1.19. The molecule has 0 radical (unpaired) electrons. The van der Waals surface area contributed by atoms with Crippen LogP contribution in [0, 0.1) is 0 Å². The summed E-state index contributed by atoms with van der Waals surface area (Å²) in [5.74, 6) is -0.357. The number of aliphatic hydroxyl groups excluding tert-OH is 1. The predicted molar refractivity (Wildman–Crippen MR) is 65.2 cm³/mol. The maximum Gasteiger partial charge on any atom is 0.265 e. The third-order valence-corrected chi connectivity index (χ3v) is 2.39. The molecule has 0 bridgehead atoms. The van der Waals surface area contributed by atoms with Gasteiger partial charge in [0.05, 0.1) is 0 Å². The second-order valence-electron chi connectivity index (χ2n) is 4.07. The van der Waals surface area contributed by atoms with Gasteiger partial charge in [0.1, 0.15) is 6.54 Å². The molecule has 1 unspecified atom stereocenters. The van der Waals surface area contributed by atoms with E-state index < -0.39 is 11.1 Å². The molecule has 7 heteroatoms. The Kier molecular flexibility index (Phi) is 5.31. The Labute approximate surface area is 103 Å². The Morgan fingerprint density at radius 2 is 2.22 bits per heavy atom. The molecule has 7 nitrogen and oxygen atoms in total. The zero-order chi connectivity index (χ0) is 13.5. The van der Waals surface area contributed by atoms with E-state index in [9.17, 15) is 14.4 Å². The highest BCUT2D eigenvalue weighted by atomic mass is 16.3. The number of H-pyrrole nitrogens is 1. The largest absolute Gasteiger partial charge is 0.396 e. The molecule has 0 aliphatic carbocycles. The van der Waals surface area contributed by atoms with Gasteiger partial charge in [-0.05, 0) is 19.8 Å². The highest BCUT2D eigenvalue weighted by molar-refractivity contribution is 5.75. The second-order valence-corrected chi connectivity index (χ2v) is 4.07. The van der Waals surface area contributed by atoms with Gasteiger partial charge in [-0.1, -0.05) is 0 Å². The summed E-state index contributed by atoms with van der Waals surface area (Å²) in [7, 11) is 0. The molecule has 1 rings (SSSR count). The molecule has 0 fully saturated rings. The van der Waals surface area contributed by atoms with Crippen molar-refractivity contribution in [1.29, 1.82) is 0 Å². The summed E-state index contributed by atoms with van der Waals surface area (Å²) in [6.07, 6.45) is 1.26. The van der Waals surface area contributed by atoms with Crippen LogP contribution in [0.2, 0.25) is 0 Å². The third-order valence-electron chi connectivity index (χ3n) is 2.39. The van der Waals surface area contributed by atoms with Crippen LogP contribution in [0.25, 0.3) is 0 Å². The van der Waals surface area contributed by atoms with Gasteiger partial charge in [0.2, 0.25) is 5.91 Å². The van der Waals surface area contributed by atoms with E-state index in [-0.39, 0.29) is 25.1 Å². The minimum Gasteiger partial charge on any atom is -0.396 e. The van der Waals surface area contributed by atoms with Crippen LogP contribution in [0.4, 0.5) is 0 Å². The highest BCUT2D eigenvalue weighted by Gasteiger charge is 2.08. The van der Waals surface area contributed by atoms with E-state index in [0.29, 0.717) is 12.8 Å². The van der Waals surface area contributed by atoms with Gasteiger partial charge in [0, 0.05) is 24.8 Å². The molecular formula is C11H17N3O4. The monoisotopic (exact) mass is 255 g/mol. The zero-order valence-corrected chi connectivity index (χ0v) is 10.2. The Hall–Kier alpha value is -1.89. The maximum atomic E-state index is 11.6. The van der Waals surface area contributed by atoms with Crippen LogP contribution in [0.3, 0.4) is 0 Å². The normalized spacial score (nSPS) is 12.1. The van der Waals surface area contributed by atoms with Gasteiger partial charge in [-0.3, -0.25) is 19.5 Å². The number of aliphatic hydroxyl groups is 1. The summed E-state index contributed by atoms with van der Waals surface area (Å²) < 4.78 is 0.955. The Balaban J connectivity index is 2.57. The van der Waals surface area contributed by atoms with E-state index in [0.717, 1.165) is 16.8 Å². The third kappa shape index (κ3) is 4.54. The molecule has 100 valence electrons. The van der Waals surface area contributed by atoms with Crippen LogP contribution in [-0.2, 0) is 11.3 Å². The van der Waals surface area contributed by atoms with Crippen LogP contribution < -0.4 is 16.4 Å². The van der Waals surface area contributed by atoms with Crippen molar-refractivity contribution < 1.29 is 9.90 Å². The van der Waals surface area contributed by atoms with Gasteiger partial charge >= 0.3 is 0 Å². The summed E-state index contributed by atoms with van der Waals surface area (Å²) in [5.41, 5.74) is -0.872. The van der Waals surface area contributed by atoms with E-state index in [1.807, 2.05) is 6.92 Å². The van der Waals surface area contributed by atoms with E-state index in [1.54, 1.807) is 0 Å². The second kappa shape index (κ2) is 6.75. The molecular weight excluding hydrogens is 238 g/mol. The summed E-state index contributed by atoms with van der Waals surface area (Å²) in [6.45, 7) is 1.66. The fourth-order valence-electron chi connectivity index (χ4n) is 1.51.